The van der Waals surface area contributed by atoms with Crippen LogP contribution in [0.15, 0.2) is 0 Å². The van der Waals surface area contributed by atoms with Gasteiger partial charge in [0.1, 0.15) is 6.04 Å². The minimum Gasteiger partial charge on any atom is -0.309 e. The maximum Gasteiger partial charge on any atom is 0.403 e. The van der Waals surface area contributed by atoms with Crippen LogP contribution in [0.5, 0.6) is 0 Å². The van der Waals surface area contributed by atoms with Crippen LogP contribution in [0.1, 0.15) is 85.5 Å². The van der Waals surface area contributed by atoms with Gasteiger partial charge in [0.2, 0.25) is 0 Å². The molecule has 0 radical (unpaired) electrons. The Morgan fingerprint density at radius 3 is 1.67 bits per heavy atom. The monoisotopic (exact) mass is 311 g/mol. The first kappa shape index (κ1) is 23.0. The molecule has 1 N–H and O–H groups in total. The molecule has 130 valence electrons. The lowest BCUT2D eigenvalue weighted by Gasteiger charge is -2.19. The maximum absolute atomic E-state index is 12.3. The molecule has 1 nitrogen and oxygen atoms in total. The molecule has 0 aliphatic rings. The van der Waals surface area contributed by atoms with E-state index in [0.717, 1.165) is 25.2 Å². The molecule has 0 spiro atoms. The fraction of sp³-hybridized carbons (Fsp3) is 1.00. The number of rotatable bonds is 10. The van der Waals surface area contributed by atoms with E-state index >= 15 is 0 Å². The Morgan fingerprint density at radius 2 is 1.33 bits per heavy atom. The topological polar surface area (TPSA) is 12.0 Å². The molecule has 0 heterocycles. The van der Waals surface area contributed by atoms with E-state index in [-0.39, 0.29) is 6.42 Å². The Morgan fingerprint density at radius 1 is 0.810 bits per heavy atom. The lowest BCUT2D eigenvalue weighted by Crippen LogP contribution is -2.39. The second-order valence-corrected chi connectivity index (χ2v) is 6.12. The van der Waals surface area contributed by atoms with E-state index in [0.29, 0.717) is 6.42 Å². The molecule has 1 atom stereocenters. The largest absolute Gasteiger partial charge is 0.403 e. The van der Waals surface area contributed by atoms with E-state index in [1.807, 2.05) is 0 Å². The van der Waals surface area contributed by atoms with Gasteiger partial charge in [-0.05, 0) is 19.4 Å². The fourth-order valence-electron chi connectivity index (χ4n) is 2.18. The average molecular weight is 311 g/mol. The summed E-state index contributed by atoms with van der Waals surface area (Å²) in [5.74, 6) is 0.898. The summed E-state index contributed by atoms with van der Waals surface area (Å²) in [5, 5.41) is 2.32. The van der Waals surface area contributed by atoms with Gasteiger partial charge in [0.15, 0.2) is 0 Å². The third-order valence-corrected chi connectivity index (χ3v) is 3.46. The number of nitrogens with one attached hydrogen (secondary N) is 1. The Bertz CT molecular complexity index is 203. The Kier molecular flexibility index (Phi) is 16.1. The summed E-state index contributed by atoms with van der Waals surface area (Å²) in [7, 11) is 1.37. The van der Waals surface area contributed by atoms with E-state index < -0.39 is 12.2 Å². The molecule has 0 aromatic heterocycles. The van der Waals surface area contributed by atoms with E-state index in [4.69, 9.17) is 0 Å². The highest BCUT2D eigenvalue weighted by molar-refractivity contribution is 4.72. The van der Waals surface area contributed by atoms with Crippen molar-refractivity contribution in [3.63, 3.8) is 0 Å². The number of halogens is 3. The van der Waals surface area contributed by atoms with Gasteiger partial charge in [-0.15, -0.1) is 0 Å². The van der Waals surface area contributed by atoms with Crippen LogP contribution in [-0.4, -0.2) is 19.3 Å². The van der Waals surface area contributed by atoms with Crippen molar-refractivity contribution < 1.29 is 13.2 Å². The normalized spacial score (nSPS) is 13.0. The van der Waals surface area contributed by atoms with Gasteiger partial charge in [0.25, 0.3) is 0 Å². The molecule has 0 amide bonds. The average Bonchev–Trinajstić information content (AvgIpc) is 2.37. The maximum atomic E-state index is 12.3. The summed E-state index contributed by atoms with van der Waals surface area (Å²) < 4.78 is 36.9. The highest BCUT2D eigenvalue weighted by Gasteiger charge is 2.37. The molecule has 0 fully saturated rings. The first-order valence-corrected chi connectivity index (χ1v) is 8.53. The Balaban J connectivity index is 0. The zero-order chi connectivity index (χ0) is 16.7. The molecule has 0 saturated carbocycles. The van der Waals surface area contributed by atoms with Crippen LogP contribution in [0.2, 0.25) is 0 Å². The highest BCUT2D eigenvalue weighted by atomic mass is 19.4. The zero-order valence-corrected chi connectivity index (χ0v) is 14.7. The van der Waals surface area contributed by atoms with Gasteiger partial charge in [0, 0.05) is 0 Å². The van der Waals surface area contributed by atoms with Gasteiger partial charge in [-0.3, -0.25) is 0 Å². The van der Waals surface area contributed by atoms with Crippen molar-refractivity contribution in [1.82, 2.24) is 5.32 Å². The number of hydrogen-bond acceptors (Lipinski definition) is 1. The van der Waals surface area contributed by atoms with Crippen molar-refractivity contribution in [3.05, 3.63) is 0 Å². The summed E-state index contributed by atoms with van der Waals surface area (Å²) in [6.07, 6.45) is 4.94. The molecule has 21 heavy (non-hydrogen) atoms. The van der Waals surface area contributed by atoms with Crippen LogP contribution >= 0.6 is 0 Å². The zero-order valence-electron chi connectivity index (χ0n) is 14.7. The van der Waals surface area contributed by atoms with Crippen molar-refractivity contribution in [3.8, 4) is 0 Å². The molecule has 4 heteroatoms. The second-order valence-electron chi connectivity index (χ2n) is 6.12. The molecule has 0 bridgehead atoms. The second kappa shape index (κ2) is 14.7. The summed E-state index contributed by atoms with van der Waals surface area (Å²) >= 11 is 0. The van der Waals surface area contributed by atoms with Crippen molar-refractivity contribution in [2.75, 3.05) is 7.05 Å². The van der Waals surface area contributed by atoms with Crippen LogP contribution in [0.25, 0.3) is 0 Å². The van der Waals surface area contributed by atoms with Crippen molar-refractivity contribution in [2.24, 2.45) is 5.92 Å². The smallest absolute Gasteiger partial charge is 0.309 e. The van der Waals surface area contributed by atoms with Gasteiger partial charge in [0.05, 0.1) is 0 Å². The molecule has 0 saturated heterocycles. The SMILES string of the molecule is CCCC(C)C.CCCCCCCCC(NC)C(F)(F)F. The fourth-order valence-corrected chi connectivity index (χ4v) is 2.18. The van der Waals surface area contributed by atoms with Crippen LogP contribution in [-0.2, 0) is 0 Å². The van der Waals surface area contributed by atoms with Gasteiger partial charge >= 0.3 is 6.18 Å². The lowest BCUT2D eigenvalue weighted by atomic mass is 10.1. The molecule has 0 rings (SSSR count). The van der Waals surface area contributed by atoms with Gasteiger partial charge in [-0.2, -0.15) is 13.2 Å². The molecule has 1 unspecified atom stereocenters. The predicted molar refractivity (Wildman–Crippen MR) is 86.6 cm³/mol. The number of unbranched alkanes of at least 4 members (excludes halogenated alkanes) is 5. The van der Waals surface area contributed by atoms with E-state index in [2.05, 4.69) is 33.0 Å². The molecular formula is C17H36F3N. The third-order valence-electron chi connectivity index (χ3n) is 3.46. The van der Waals surface area contributed by atoms with E-state index in [9.17, 15) is 13.2 Å². The molecule has 0 aliphatic heterocycles. The van der Waals surface area contributed by atoms with Crippen molar-refractivity contribution >= 4 is 0 Å². The summed E-state index contributed by atoms with van der Waals surface area (Å²) in [6.45, 7) is 8.85. The first-order valence-electron chi connectivity index (χ1n) is 8.53. The quantitative estimate of drug-likeness (QED) is 0.465. The van der Waals surface area contributed by atoms with E-state index in [1.54, 1.807) is 0 Å². The van der Waals surface area contributed by atoms with Crippen LogP contribution in [0.4, 0.5) is 13.2 Å². The van der Waals surface area contributed by atoms with E-state index in [1.165, 1.54) is 32.7 Å². The standard InChI is InChI=1S/C11H22F3N.C6H14/c1-3-4-5-6-7-8-9-10(15-2)11(12,13)14;1-4-5-6(2)3/h10,15H,3-9H2,1-2H3;6H,4-5H2,1-3H3. The minimum absolute atomic E-state index is 0.201. The number of alkyl halides is 3. The molecule has 0 aromatic carbocycles. The predicted octanol–water partition coefficient (Wildman–Crippen LogP) is 6.33. The van der Waals surface area contributed by atoms with Crippen molar-refractivity contribution in [1.29, 1.82) is 0 Å². The lowest BCUT2D eigenvalue weighted by molar-refractivity contribution is -0.156. The van der Waals surface area contributed by atoms with Gasteiger partial charge < -0.3 is 5.32 Å². The van der Waals surface area contributed by atoms with Gasteiger partial charge in [-0.1, -0.05) is 79.1 Å². The van der Waals surface area contributed by atoms with Crippen LogP contribution in [0, 0.1) is 5.92 Å². The molecule has 0 aliphatic carbocycles. The minimum atomic E-state index is -4.10. The highest BCUT2D eigenvalue weighted by Crippen LogP contribution is 2.24. The van der Waals surface area contributed by atoms with Crippen molar-refractivity contribution in [2.45, 2.75) is 97.7 Å². The van der Waals surface area contributed by atoms with Crippen LogP contribution in [0.3, 0.4) is 0 Å². The summed E-state index contributed by atoms with van der Waals surface area (Å²) in [6, 6.07) is -1.33. The third kappa shape index (κ3) is 17.7. The Labute approximate surface area is 130 Å². The first-order chi connectivity index (χ1) is 9.79. The summed E-state index contributed by atoms with van der Waals surface area (Å²) in [4.78, 5) is 0. The number of hydrogen-bond donors (Lipinski definition) is 1. The molecule has 0 aromatic rings. The Hall–Kier alpha value is -0.250. The van der Waals surface area contributed by atoms with Gasteiger partial charge in [-0.25, -0.2) is 0 Å². The van der Waals surface area contributed by atoms with Crippen LogP contribution < -0.4 is 5.32 Å². The molecular weight excluding hydrogens is 275 g/mol. The summed E-state index contributed by atoms with van der Waals surface area (Å²) in [5.41, 5.74) is 0.